The van der Waals surface area contributed by atoms with E-state index in [0.29, 0.717) is 0 Å². The Kier molecular flexibility index (Phi) is 6.38. The van der Waals surface area contributed by atoms with Gasteiger partial charge in [0.2, 0.25) is 0 Å². The molecule has 2 aromatic rings. The zero-order chi connectivity index (χ0) is 14.4. The maximum atomic E-state index is 6.54. The number of halogens is 3. The van der Waals surface area contributed by atoms with Crippen LogP contribution in [0.25, 0.3) is 10.9 Å². The molecule has 1 atom stereocenters. The van der Waals surface area contributed by atoms with Gasteiger partial charge in [0.15, 0.2) is 0 Å². The molecule has 0 amide bonds. The molecule has 0 saturated heterocycles. The first kappa shape index (κ1) is 19.8. The molecule has 6 heteroatoms. The molecule has 0 fully saturated rings. The zero-order valence-corrected chi connectivity index (χ0v) is 16.7. The predicted molar refractivity (Wildman–Crippen MR) is 84.0 cm³/mol. The second-order valence-electron chi connectivity index (χ2n) is 5.61. The fourth-order valence-corrected chi connectivity index (χ4v) is 4.49. The number of allylic oxidation sites excluding steroid dienone is 4. The molecule has 0 N–H and O–H groups in total. The summed E-state index contributed by atoms with van der Waals surface area (Å²) in [6.07, 6.45) is 8.47. The van der Waals surface area contributed by atoms with Crippen molar-refractivity contribution >= 4 is 29.4 Å². The third-order valence-electron chi connectivity index (χ3n) is 3.62. The van der Waals surface area contributed by atoms with Gasteiger partial charge < -0.3 is 24.8 Å². The van der Waals surface area contributed by atoms with Crippen molar-refractivity contribution in [1.82, 2.24) is 4.98 Å². The van der Waals surface area contributed by atoms with Crippen molar-refractivity contribution in [1.29, 1.82) is 0 Å². The minimum Gasteiger partial charge on any atom is -1.00 e. The van der Waals surface area contributed by atoms with E-state index in [9.17, 15) is 0 Å². The van der Waals surface area contributed by atoms with Crippen LogP contribution in [0.5, 0.6) is 0 Å². The molecular formula is C16H15Cl3CrNSi. The quantitative estimate of drug-likeness (QED) is 0.435. The summed E-state index contributed by atoms with van der Waals surface area (Å²) >= 11 is 9.86. The summed E-state index contributed by atoms with van der Waals surface area (Å²) in [7, 11) is -1.79. The van der Waals surface area contributed by atoms with Crippen LogP contribution in [0, 0.1) is 0 Å². The summed E-state index contributed by atoms with van der Waals surface area (Å²) in [4.78, 5) is 4.37. The number of hydrogen-bond acceptors (Lipinski definition) is 1. The van der Waals surface area contributed by atoms with Gasteiger partial charge in [0.1, 0.15) is 0 Å². The molecule has 1 aromatic carbocycles. The van der Waals surface area contributed by atoms with Crippen LogP contribution in [-0.4, -0.2) is 12.4 Å². The van der Waals surface area contributed by atoms with Crippen molar-refractivity contribution in [2.24, 2.45) is 0 Å². The van der Waals surface area contributed by atoms with Gasteiger partial charge in [-0.05, 0) is 0 Å². The third-order valence-corrected chi connectivity index (χ3v) is 6.72. The van der Waals surface area contributed by atoms with Crippen LogP contribution in [0.4, 0.5) is 0 Å². The van der Waals surface area contributed by atoms with E-state index in [2.05, 4.69) is 76.9 Å². The van der Waals surface area contributed by atoms with Crippen LogP contribution >= 0.6 is 11.1 Å². The Hall–Kier alpha value is -0.271. The third kappa shape index (κ3) is 3.79. The van der Waals surface area contributed by atoms with Crippen LogP contribution in [0.1, 0.15) is 5.56 Å². The van der Waals surface area contributed by atoms with E-state index in [0.717, 1.165) is 10.9 Å². The van der Waals surface area contributed by atoms with Crippen molar-refractivity contribution in [3.05, 3.63) is 65.5 Å². The normalized spacial score (nSPS) is 20.2. The van der Waals surface area contributed by atoms with Gasteiger partial charge in [-0.3, -0.25) is 0 Å². The molecule has 0 radical (unpaired) electrons. The Morgan fingerprint density at radius 2 is 1.91 bits per heavy atom. The maximum Gasteiger partial charge on any atom is -1.00 e. The first-order chi connectivity index (χ1) is 9.38. The molecule has 0 saturated carbocycles. The average Bonchev–Trinajstić information content (AvgIpc) is 2.82. The summed E-state index contributed by atoms with van der Waals surface area (Å²) in [5.41, 5.74) is 2.26. The van der Waals surface area contributed by atoms with Crippen LogP contribution in [0.2, 0.25) is 13.1 Å². The van der Waals surface area contributed by atoms with Crippen LogP contribution in [0.15, 0.2) is 60.0 Å². The Labute approximate surface area is 157 Å². The van der Waals surface area contributed by atoms with Gasteiger partial charge in [-0.1, -0.05) is 0 Å². The van der Waals surface area contributed by atoms with E-state index >= 15 is 0 Å². The summed E-state index contributed by atoms with van der Waals surface area (Å²) in [5.74, 6) is 0. The first-order valence-electron chi connectivity index (χ1n) is 6.56. The largest absolute Gasteiger partial charge is 1.00 e. The van der Waals surface area contributed by atoms with E-state index in [1.54, 1.807) is 0 Å². The van der Waals surface area contributed by atoms with E-state index in [4.69, 9.17) is 11.1 Å². The first-order valence-corrected chi connectivity index (χ1v) is 11.2. The SMILES string of the molecule is C[Si](C)(Cl)C1=C[C]([Cr+2])(c2ccc3ncccc3c2)C=C1.[Cl-].[Cl-]. The maximum absolute atomic E-state index is 6.54. The molecular weight excluding hydrogens is 393 g/mol. The Morgan fingerprint density at radius 3 is 2.55 bits per heavy atom. The molecule has 1 aliphatic rings. The molecule has 115 valence electrons. The topological polar surface area (TPSA) is 12.9 Å². The summed E-state index contributed by atoms with van der Waals surface area (Å²) in [6.45, 7) is 4.31. The van der Waals surface area contributed by atoms with Crippen molar-refractivity contribution in [2.45, 2.75) is 17.4 Å². The fraction of sp³-hybridized carbons (Fsp3) is 0.188. The number of aromatic nitrogens is 1. The van der Waals surface area contributed by atoms with Crippen molar-refractivity contribution in [2.75, 3.05) is 0 Å². The molecule has 22 heavy (non-hydrogen) atoms. The van der Waals surface area contributed by atoms with Gasteiger partial charge in [0, 0.05) is 0 Å². The molecule has 1 aliphatic carbocycles. The van der Waals surface area contributed by atoms with Gasteiger partial charge in [-0.15, -0.1) is 0 Å². The second-order valence-corrected chi connectivity index (χ2v) is 13.0. The molecule has 0 spiro atoms. The monoisotopic (exact) mass is 406 g/mol. The standard InChI is InChI=1S/C16H15ClNSi.2ClH.Cr/c1-19(2,17)15-7-5-13(11-15)12-6-8-16-14(10-12)4-3-9-18-16;;;/h3-11H,1-2H3;2*1H;/q;;;+2/p-2. The Balaban J connectivity index is 0.00000121. The fourth-order valence-electron chi connectivity index (χ4n) is 2.41. The van der Waals surface area contributed by atoms with E-state index in [1.807, 2.05) is 12.3 Å². The zero-order valence-electron chi connectivity index (χ0n) is 12.2. The number of fused-ring (bicyclic) bond motifs is 1. The molecule has 3 rings (SSSR count). The summed E-state index contributed by atoms with van der Waals surface area (Å²) < 4.78 is -0.182. The van der Waals surface area contributed by atoms with Crippen LogP contribution < -0.4 is 24.8 Å². The van der Waals surface area contributed by atoms with E-state index in [1.165, 1.54) is 10.8 Å². The molecule has 0 aliphatic heterocycles. The van der Waals surface area contributed by atoms with Gasteiger partial charge in [0.25, 0.3) is 0 Å². The molecule has 1 nitrogen and oxygen atoms in total. The number of hydrogen-bond donors (Lipinski definition) is 0. The number of nitrogens with zero attached hydrogens (tertiary/aromatic N) is 1. The Bertz CT molecular complexity index is 739. The minimum absolute atomic E-state index is 0. The van der Waals surface area contributed by atoms with Gasteiger partial charge in [-0.25, -0.2) is 0 Å². The van der Waals surface area contributed by atoms with Crippen LogP contribution in [-0.2, 0) is 20.6 Å². The van der Waals surface area contributed by atoms with Gasteiger partial charge >= 0.3 is 134 Å². The smallest absolute Gasteiger partial charge is 1.00 e. The predicted octanol–water partition coefficient (Wildman–Crippen LogP) is -1.54. The minimum atomic E-state index is -1.79. The van der Waals surface area contributed by atoms with E-state index in [-0.39, 0.29) is 29.1 Å². The van der Waals surface area contributed by atoms with Crippen molar-refractivity contribution in [3.63, 3.8) is 0 Å². The summed E-state index contributed by atoms with van der Waals surface area (Å²) in [6, 6.07) is 10.5. The van der Waals surface area contributed by atoms with E-state index < -0.39 is 7.38 Å². The molecule has 1 aromatic heterocycles. The second kappa shape index (κ2) is 7.09. The van der Waals surface area contributed by atoms with Crippen molar-refractivity contribution < 1.29 is 41.1 Å². The molecule has 1 heterocycles. The van der Waals surface area contributed by atoms with Gasteiger partial charge in [0.05, 0.1) is 0 Å². The molecule has 1 unspecified atom stereocenters. The number of pyridine rings is 1. The molecule has 0 bridgehead atoms. The van der Waals surface area contributed by atoms with Gasteiger partial charge in [-0.2, -0.15) is 0 Å². The number of benzene rings is 1. The number of rotatable bonds is 2. The summed E-state index contributed by atoms with van der Waals surface area (Å²) in [5, 5.41) is 2.45. The average molecular weight is 408 g/mol. The van der Waals surface area contributed by atoms with Crippen LogP contribution in [0.3, 0.4) is 0 Å². The van der Waals surface area contributed by atoms with Crippen molar-refractivity contribution in [3.8, 4) is 0 Å². The Morgan fingerprint density at radius 1 is 1.18 bits per heavy atom.